The summed E-state index contributed by atoms with van der Waals surface area (Å²) in [6.07, 6.45) is -1.83. The monoisotopic (exact) mass is 204 g/mol. The zero-order valence-corrected chi connectivity index (χ0v) is 7.98. The predicted molar refractivity (Wildman–Crippen MR) is 50.9 cm³/mol. The van der Waals surface area contributed by atoms with E-state index in [0.29, 0.717) is 0 Å². The van der Waals surface area contributed by atoms with Crippen LogP contribution < -0.4 is 0 Å². The highest BCUT2D eigenvalue weighted by Crippen LogP contribution is 2.20. The van der Waals surface area contributed by atoms with E-state index in [0.717, 1.165) is 5.56 Å². The van der Waals surface area contributed by atoms with E-state index in [-0.39, 0.29) is 11.1 Å². The molecule has 0 aromatic heterocycles. The summed E-state index contributed by atoms with van der Waals surface area (Å²) in [5, 5.41) is 9.21. The van der Waals surface area contributed by atoms with Gasteiger partial charge in [0.25, 0.3) is 0 Å². The number of carbonyl (C=O) groups is 3. The zero-order chi connectivity index (χ0) is 11.2. The first kappa shape index (κ1) is 9.73. The summed E-state index contributed by atoms with van der Waals surface area (Å²) in [5.41, 5.74) is 1.01. The minimum absolute atomic E-state index is 0.0929. The van der Waals surface area contributed by atoms with Gasteiger partial charge in [-0.05, 0) is 13.0 Å². The third-order valence-electron chi connectivity index (χ3n) is 2.41. The molecular formula is C11H8O4. The lowest BCUT2D eigenvalue weighted by Crippen LogP contribution is -2.41. The first-order valence-corrected chi connectivity index (χ1v) is 4.44. The van der Waals surface area contributed by atoms with Crippen molar-refractivity contribution >= 4 is 17.3 Å². The van der Waals surface area contributed by atoms with Gasteiger partial charge >= 0.3 is 0 Å². The number of carbonyl (C=O) groups excluding carboxylic acids is 3. The molecule has 0 aliphatic heterocycles. The van der Waals surface area contributed by atoms with Crippen LogP contribution in [0.4, 0.5) is 0 Å². The predicted octanol–water partition coefficient (Wildman–Crippen LogP) is 0.304. The van der Waals surface area contributed by atoms with Gasteiger partial charge in [-0.2, -0.15) is 0 Å². The molecule has 0 saturated carbocycles. The molecule has 4 heteroatoms. The van der Waals surface area contributed by atoms with Crippen molar-refractivity contribution in [2.24, 2.45) is 0 Å². The summed E-state index contributed by atoms with van der Waals surface area (Å²) in [5.74, 6) is -2.53. The summed E-state index contributed by atoms with van der Waals surface area (Å²) < 4.78 is 0. The molecule has 2 rings (SSSR count). The van der Waals surface area contributed by atoms with E-state index in [9.17, 15) is 19.5 Å². The van der Waals surface area contributed by atoms with Gasteiger partial charge in [0.15, 0.2) is 11.9 Å². The molecule has 1 unspecified atom stereocenters. The van der Waals surface area contributed by atoms with Crippen LogP contribution in [0.15, 0.2) is 18.2 Å². The van der Waals surface area contributed by atoms with Gasteiger partial charge in [-0.15, -0.1) is 0 Å². The van der Waals surface area contributed by atoms with Crippen LogP contribution in [0.25, 0.3) is 0 Å². The second kappa shape index (κ2) is 3.10. The minimum atomic E-state index is -1.83. The number of benzene rings is 1. The van der Waals surface area contributed by atoms with Crippen molar-refractivity contribution in [3.63, 3.8) is 0 Å². The number of Topliss-reactive ketones (excluding diaryl/α,β-unsaturated/α-hetero) is 3. The molecule has 0 radical (unpaired) electrons. The van der Waals surface area contributed by atoms with E-state index >= 15 is 0 Å². The van der Waals surface area contributed by atoms with Crippen molar-refractivity contribution in [1.82, 2.24) is 0 Å². The van der Waals surface area contributed by atoms with Crippen LogP contribution in [0, 0.1) is 6.92 Å². The fraction of sp³-hybridized carbons (Fsp3) is 0.182. The number of hydrogen-bond acceptors (Lipinski definition) is 4. The third-order valence-corrected chi connectivity index (χ3v) is 2.41. The molecule has 1 atom stereocenters. The van der Waals surface area contributed by atoms with Crippen LogP contribution in [0.1, 0.15) is 26.3 Å². The van der Waals surface area contributed by atoms with Gasteiger partial charge in [-0.3, -0.25) is 14.4 Å². The highest BCUT2D eigenvalue weighted by molar-refractivity contribution is 6.53. The number of aryl methyl sites for hydroxylation is 1. The molecular weight excluding hydrogens is 196 g/mol. The molecule has 0 bridgehead atoms. The van der Waals surface area contributed by atoms with E-state index in [1.165, 1.54) is 12.1 Å². The minimum Gasteiger partial charge on any atom is -0.377 e. The molecule has 1 aromatic carbocycles. The van der Waals surface area contributed by atoms with Crippen molar-refractivity contribution < 1.29 is 19.5 Å². The van der Waals surface area contributed by atoms with Crippen LogP contribution >= 0.6 is 0 Å². The Morgan fingerprint density at radius 1 is 1.07 bits per heavy atom. The highest BCUT2D eigenvalue weighted by atomic mass is 16.3. The Balaban J connectivity index is 2.69. The molecule has 0 saturated heterocycles. The number of fused-ring (bicyclic) bond motifs is 1. The fourth-order valence-corrected chi connectivity index (χ4v) is 1.58. The summed E-state index contributed by atoms with van der Waals surface area (Å²) in [7, 11) is 0. The molecule has 1 N–H and O–H groups in total. The van der Waals surface area contributed by atoms with Crippen LogP contribution in [0.5, 0.6) is 0 Å². The van der Waals surface area contributed by atoms with Gasteiger partial charge < -0.3 is 5.11 Å². The van der Waals surface area contributed by atoms with Gasteiger partial charge in [0.05, 0.1) is 0 Å². The van der Waals surface area contributed by atoms with Crippen molar-refractivity contribution in [2.75, 3.05) is 0 Å². The molecule has 0 spiro atoms. The van der Waals surface area contributed by atoms with Gasteiger partial charge in [-0.1, -0.05) is 17.7 Å². The zero-order valence-electron chi connectivity index (χ0n) is 7.98. The number of rotatable bonds is 0. The Kier molecular flexibility index (Phi) is 2.01. The van der Waals surface area contributed by atoms with Crippen LogP contribution in [0.3, 0.4) is 0 Å². The normalized spacial score (nSPS) is 20.4. The molecule has 76 valence electrons. The van der Waals surface area contributed by atoms with Crippen LogP contribution in [-0.4, -0.2) is 28.6 Å². The topological polar surface area (TPSA) is 71.4 Å². The number of ketones is 3. The standard InChI is InChI=1S/C11H8O4/c1-5-2-3-6-7(4-5)9(13)11(15)10(14)8(6)12/h2-4,10,14H,1H3. The fourth-order valence-electron chi connectivity index (χ4n) is 1.58. The van der Waals surface area contributed by atoms with Gasteiger partial charge in [-0.25, -0.2) is 0 Å². The maximum atomic E-state index is 11.5. The quantitative estimate of drug-likeness (QED) is 0.487. The summed E-state index contributed by atoms with van der Waals surface area (Å²) in [6.45, 7) is 1.76. The molecule has 0 fully saturated rings. The van der Waals surface area contributed by atoms with E-state index in [4.69, 9.17) is 0 Å². The average Bonchev–Trinajstić information content (AvgIpc) is 2.23. The molecule has 4 nitrogen and oxygen atoms in total. The molecule has 1 aliphatic rings. The summed E-state index contributed by atoms with van der Waals surface area (Å²) in [6, 6.07) is 4.60. The van der Waals surface area contributed by atoms with E-state index in [2.05, 4.69) is 0 Å². The van der Waals surface area contributed by atoms with E-state index in [1.54, 1.807) is 13.0 Å². The van der Waals surface area contributed by atoms with Crippen molar-refractivity contribution in [1.29, 1.82) is 0 Å². The maximum absolute atomic E-state index is 11.5. The smallest absolute Gasteiger partial charge is 0.239 e. The average molecular weight is 204 g/mol. The van der Waals surface area contributed by atoms with E-state index in [1.807, 2.05) is 0 Å². The summed E-state index contributed by atoms with van der Waals surface area (Å²) in [4.78, 5) is 34.1. The van der Waals surface area contributed by atoms with Crippen molar-refractivity contribution in [3.8, 4) is 0 Å². The van der Waals surface area contributed by atoms with Gasteiger partial charge in [0, 0.05) is 11.1 Å². The lowest BCUT2D eigenvalue weighted by atomic mass is 9.86. The molecule has 15 heavy (non-hydrogen) atoms. The molecule has 1 aliphatic carbocycles. The highest BCUT2D eigenvalue weighted by Gasteiger charge is 2.38. The molecule has 0 heterocycles. The Hall–Kier alpha value is -1.81. The summed E-state index contributed by atoms with van der Waals surface area (Å²) >= 11 is 0. The van der Waals surface area contributed by atoms with Crippen molar-refractivity contribution in [2.45, 2.75) is 13.0 Å². The number of aliphatic hydroxyl groups excluding tert-OH is 1. The maximum Gasteiger partial charge on any atom is 0.239 e. The molecule has 1 aromatic rings. The Morgan fingerprint density at radius 3 is 2.40 bits per heavy atom. The lowest BCUT2D eigenvalue weighted by molar-refractivity contribution is -0.120. The van der Waals surface area contributed by atoms with E-state index < -0.39 is 23.5 Å². The second-order valence-electron chi connectivity index (χ2n) is 3.51. The van der Waals surface area contributed by atoms with Crippen LogP contribution in [-0.2, 0) is 4.79 Å². The molecule has 0 amide bonds. The van der Waals surface area contributed by atoms with Gasteiger partial charge in [0.2, 0.25) is 11.6 Å². The Bertz CT molecular complexity index is 487. The van der Waals surface area contributed by atoms with Crippen molar-refractivity contribution in [3.05, 3.63) is 34.9 Å². The lowest BCUT2D eigenvalue weighted by Gasteiger charge is -2.17. The third kappa shape index (κ3) is 1.30. The number of hydrogen-bond donors (Lipinski definition) is 1. The van der Waals surface area contributed by atoms with Crippen LogP contribution in [0.2, 0.25) is 0 Å². The van der Waals surface area contributed by atoms with Gasteiger partial charge in [0.1, 0.15) is 0 Å². The largest absolute Gasteiger partial charge is 0.377 e. The Labute approximate surface area is 85.5 Å². The SMILES string of the molecule is Cc1ccc2c(c1)C(=O)C(=O)C(O)C2=O. The first-order chi connectivity index (χ1) is 7.02. The second-order valence-corrected chi connectivity index (χ2v) is 3.51. The number of aliphatic hydroxyl groups is 1. The first-order valence-electron chi connectivity index (χ1n) is 4.44. The Morgan fingerprint density at radius 2 is 1.73 bits per heavy atom.